The highest BCUT2D eigenvalue weighted by Crippen LogP contribution is 2.45. The molecule has 1 spiro atoms. The predicted octanol–water partition coefficient (Wildman–Crippen LogP) is 0.740. The second-order valence-electron chi connectivity index (χ2n) is 5.50. The number of amides is 2. The van der Waals surface area contributed by atoms with Gasteiger partial charge in [-0.05, 0) is 12.8 Å². The summed E-state index contributed by atoms with van der Waals surface area (Å²) < 4.78 is 22.2. The lowest BCUT2D eigenvalue weighted by molar-refractivity contribution is -0.141. The molecule has 0 unspecified atom stereocenters. The van der Waals surface area contributed by atoms with Crippen LogP contribution >= 0.6 is 0 Å². The Morgan fingerprint density at radius 1 is 1.17 bits per heavy atom. The number of likely N-dealkylation sites (tertiary alicyclic amines) is 1. The van der Waals surface area contributed by atoms with Crippen molar-refractivity contribution in [2.75, 3.05) is 18.6 Å². The lowest BCUT2D eigenvalue weighted by Crippen LogP contribution is -2.39. The summed E-state index contributed by atoms with van der Waals surface area (Å²) in [6, 6.07) is 0. The van der Waals surface area contributed by atoms with Crippen LogP contribution in [0.3, 0.4) is 0 Å². The lowest BCUT2D eigenvalue weighted by atomic mass is 9.73. The molecule has 0 aromatic carbocycles. The van der Waals surface area contributed by atoms with E-state index in [4.69, 9.17) is 0 Å². The van der Waals surface area contributed by atoms with Crippen molar-refractivity contribution in [3.63, 3.8) is 0 Å². The Morgan fingerprint density at radius 2 is 1.78 bits per heavy atom. The molecule has 18 heavy (non-hydrogen) atoms. The van der Waals surface area contributed by atoms with Gasteiger partial charge in [-0.3, -0.25) is 14.5 Å². The zero-order valence-electron chi connectivity index (χ0n) is 10.6. The van der Waals surface area contributed by atoms with E-state index in [-0.39, 0.29) is 30.5 Å². The van der Waals surface area contributed by atoms with Gasteiger partial charge >= 0.3 is 0 Å². The first-order valence-corrected chi connectivity index (χ1v) is 8.43. The molecule has 0 radical (unpaired) electrons. The maximum atomic E-state index is 12.3. The number of imide groups is 1. The lowest BCUT2D eigenvalue weighted by Gasteiger charge is -2.30. The second kappa shape index (κ2) is 4.64. The summed E-state index contributed by atoms with van der Waals surface area (Å²) in [5.41, 5.74) is -0.507. The third kappa shape index (κ3) is 2.58. The monoisotopic (exact) mass is 273 g/mol. The molecule has 1 heterocycles. The molecule has 2 aliphatic rings. The molecular formula is C12H19NO4S. The molecule has 2 amide bonds. The molecule has 1 saturated carbocycles. The van der Waals surface area contributed by atoms with E-state index in [9.17, 15) is 18.0 Å². The average Bonchev–Trinajstić information content (AvgIpc) is 2.49. The molecular weight excluding hydrogens is 254 g/mol. The molecule has 0 N–H and O–H groups in total. The maximum Gasteiger partial charge on any atom is 0.235 e. The molecule has 2 rings (SSSR count). The predicted molar refractivity (Wildman–Crippen MR) is 66.6 cm³/mol. The van der Waals surface area contributed by atoms with Crippen LogP contribution < -0.4 is 0 Å². The summed E-state index contributed by atoms with van der Waals surface area (Å²) in [5, 5.41) is 0. The molecule has 1 saturated heterocycles. The number of carbonyl (C=O) groups is 2. The summed E-state index contributed by atoms with van der Waals surface area (Å²) in [7, 11) is -3.15. The minimum Gasteiger partial charge on any atom is -0.281 e. The summed E-state index contributed by atoms with van der Waals surface area (Å²) >= 11 is 0. The molecule has 0 bridgehead atoms. The molecule has 0 aromatic heterocycles. The van der Waals surface area contributed by atoms with Crippen molar-refractivity contribution in [1.82, 2.24) is 4.90 Å². The van der Waals surface area contributed by atoms with E-state index in [1.807, 2.05) is 0 Å². The smallest absolute Gasteiger partial charge is 0.235 e. The van der Waals surface area contributed by atoms with Gasteiger partial charge in [-0.1, -0.05) is 19.3 Å². The van der Waals surface area contributed by atoms with Crippen LogP contribution in [0, 0.1) is 5.41 Å². The summed E-state index contributed by atoms with van der Waals surface area (Å²) in [6.07, 6.45) is 6.02. The van der Waals surface area contributed by atoms with Gasteiger partial charge in [0.1, 0.15) is 9.84 Å². The number of nitrogens with zero attached hydrogens (tertiary/aromatic N) is 1. The van der Waals surface area contributed by atoms with Gasteiger partial charge in [-0.2, -0.15) is 0 Å². The highest BCUT2D eigenvalue weighted by atomic mass is 32.2. The van der Waals surface area contributed by atoms with E-state index < -0.39 is 15.3 Å². The number of hydrogen-bond donors (Lipinski definition) is 0. The van der Waals surface area contributed by atoms with Crippen molar-refractivity contribution in [2.45, 2.75) is 38.5 Å². The second-order valence-corrected chi connectivity index (χ2v) is 7.76. The SMILES string of the molecule is CS(=O)(=O)CCN1C(=O)CC2(CCCCC2)C1=O. The molecule has 6 heteroatoms. The van der Waals surface area contributed by atoms with E-state index >= 15 is 0 Å². The van der Waals surface area contributed by atoms with Crippen LogP contribution in [-0.2, 0) is 19.4 Å². The Bertz CT molecular complexity index is 462. The first-order valence-electron chi connectivity index (χ1n) is 6.37. The molecule has 0 atom stereocenters. The van der Waals surface area contributed by atoms with E-state index in [2.05, 4.69) is 0 Å². The van der Waals surface area contributed by atoms with Gasteiger partial charge in [-0.15, -0.1) is 0 Å². The largest absolute Gasteiger partial charge is 0.281 e. The molecule has 5 nitrogen and oxygen atoms in total. The number of rotatable bonds is 3. The summed E-state index contributed by atoms with van der Waals surface area (Å²) in [5.74, 6) is -0.484. The van der Waals surface area contributed by atoms with Crippen LogP contribution in [-0.4, -0.2) is 43.7 Å². The van der Waals surface area contributed by atoms with Crippen LogP contribution in [0.5, 0.6) is 0 Å². The van der Waals surface area contributed by atoms with Crippen LogP contribution in [0.2, 0.25) is 0 Å². The number of hydrogen-bond acceptors (Lipinski definition) is 4. The highest BCUT2D eigenvalue weighted by molar-refractivity contribution is 7.90. The quantitative estimate of drug-likeness (QED) is 0.711. The van der Waals surface area contributed by atoms with Crippen LogP contribution in [0.25, 0.3) is 0 Å². The van der Waals surface area contributed by atoms with E-state index in [1.165, 1.54) is 0 Å². The van der Waals surface area contributed by atoms with Crippen molar-refractivity contribution in [1.29, 1.82) is 0 Å². The van der Waals surface area contributed by atoms with Crippen molar-refractivity contribution in [3.8, 4) is 0 Å². The van der Waals surface area contributed by atoms with Gasteiger partial charge in [-0.25, -0.2) is 8.42 Å². The van der Waals surface area contributed by atoms with Crippen molar-refractivity contribution >= 4 is 21.7 Å². The van der Waals surface area contributed by atoms with Gasteiger partial charge < -0.3 is 0 Å². The Kier molecular flexibility index (Phi) is 3.49. The standard InChI is InChI=1S/C12H19NO4S/c1-18(16,17)8-7-13-10(14)9-12(11(13)15)5-3-2-4-6-12/h2-9H2,1H3. The van der Waals surface area contributed by atoms with Crippen LogP contribution in [0.1, 0.15) is 38.5 Å². The Labute approximate surface area is 107 Å². The molecule has 102 valence electrons. The van der Waals surface area contributed by atoms with Gasteiger partial charge in [0.15, 0.2) is 0 Å². The van der Waals surface area contributed by atoms with Crippen LogP contribution in [0.15, 0.2) is 0 Å². The van der Waals surface area contributed by atoms with E-state index in [0.29, 0.717) is 0 Å². The number of carbonyl (C=O) groups excluding carboxylic acids is 2. The summed E-state index contributed by atoms with van der Waals surface area (Å²) in [4.78, 5) is 25.4. The Balaban J connectivity index is 2.09. The third-order valence-corrected chi connectivity index (χ3v) is 4.91. The molecule has 2 fully saturated rings. The molecule has 1 aliphatic carbocycles. The first kappa shape index (κ1) is 13.5. The van der Waals surface area contributed by atoms with Gasteiger partial charge in [0.05, 0.1) is 11.2 Å². The fourth-order valence-corrected chi connectivity index (χ4v) is 3.48. The Hall–Kier alpha value is -0.910. The zero-order valence-corrected chi connectivity index (χ0v) is 11.5. The van der Waals surface area contributed by atoms with E-state index in [0.717, 1.165) is 43.3 Å². The zero-order chi connectivity index (χ0) is 13.4. The van der Waals surface area contributed by atoms with Gasteiger partial charge in [0.25, 0.3) is 0 Å². The fraction of sp³-hybridized carbons (Fsp3) is 0.833. The fourth-order valence-electron chi connectivity index (χ4n) is 2.96. The van der Waals surface area contributed by atoms with Crippen molar-refractivity contribution in [3.05, 3.63) is 0 Å². The minimum atomic E-state index is -3.15. The first-order chi connectivity index (χ1) is 8.34. The van der Waals surface area contributed by atoms with E-state index in [1.54, 1.807) is 0 Å². The number of sulfone groups is 1. The third-order valence-electron chi connectivity index (χ3n) is 3.99. The van der Waals surface area contributed by atoms with Crippen LogP contribution in [0.4, 0.5) is 0 Å². The highest BCUT2D eigenvalue weighted by Gasteiger charge is 2.51. The topological polar surface area (TPSA) is 71.5 Å². The molecule has 0 aromatic rings. The molecule has 1 aliphatic heterocycles. The maximum absolute atomic E-state index is 12.3. The van der Waals surface area contributed by atoms with Crippen molar-refractivity contribution < 1.29 is 18.0 Å². The van der Waals surface area contributed by atoms with Crippen molar-refractivity contribution in [2.24, 2.45) is 5.41 Å². The normalized spacial score (nSPS) is 23.9. The minimum absolute atomic E-state index is 0.0122. The Morgan fingerprint density at radius 3 is 2.33 bits per heavy atom. The van der Waals surface area contributed by atoms with Gasteiger partial charge in [0.2, 0.25) is 11.8 Å². The average molecular weight is 273 g/mol. The van der Waals surface area contributed by atoms with Gasteiger partial charge in [0, 0.05) is 19.2 Å². The summed E-state index contributed by atoms with van der Waals surface area (Å²) in [6.45, 7) is 0.0122.